The quantitative estimate of drug-likeness (QED) is 0.847. The lowest BCUT2D eigenvalue weighted by Gasteiger charge is -2.31. The third-order valence-corrected chi connectivity index (χ3v) is 4.15. The second-order valence-electron chi connectivity index (χ2n) is 5.46. The number of nitrogens with zero attached hydrogens (tertiary/aromatic N) is 2. The first-order valence-electron chi connectivity index (χ1n) is 7.17. The van der Waals surface area contributed by atoms with Crippen LogP contribution in [0.4, 0.5) is 13.2 Å². The highest BCUT2D eigenvalue weighted by Gasteiger charge is 2.36. The van der Waals surface area contributed by atoms with E-state index >= 15 is 0 Å². The Morgan fingerprint density at radius 3 is 2.30 bits per heavy atom. The van der Waals surface area contributed by atoms with Gasteiger partial charge in [0.15, 0.2) is 0 Å². The highest BCUT2D eigenvalue weighted by Crippen LogP contribution is 2.37. The maximum Gasteiger partial charge on any atom is 0.149 e. The Hall–Kier alpha value is -2.39. The van der Waals surface area contributed by atoms with Crippen molar-refractivity contribution in [1.82, 2.24) is 4.98 Å². The lowest BCUT2D eigenvalue weighted by atomic mass is 9.75. The molecule has 2 heterocycles. The van der Waals surface area contributed by atoms with Crippen LogP contribution in [-0.4, -0.2) is 18.2 Å². The lowest BCUT2D eigenvalue weighted by Crippen LogP contribution is -2.32. The van der Waals surface area contributed by atoms with Gasteiger partial charge in [-0.05, 0) is 42.7 Å². The van der Waals surface area contributed by atoms with Gasteiger partial charge in [0.25, 0.3) is 0 Å². The zero-order valence-corrected chi connectivity index (χ0v) is 12.2. The van der Waals surface area contributed by atoms with Crippen molar-refractivity contribution in [2.75, 3.05) is 13.2 Å². The molecule has 0 radical (unpaired) electrons. The summed E-state index contributed by atoms with van der Waals surface area (Å²) in [6.07, 6.45) is 1.99. The molecule has 1 fully saturated rings. The highest BCUT2D eigenvalue weighted by molar-refractivity contribution is 5.62. The van der Waals surface area contributed by atoms with Crippen LogP contribution in [0.2, 0.25) is 0 Å². The van der Waals surface area contributed by atoms with Gasteiger partial charge < -0.3 is 4.74 Å². The molecule has 1 saturated heterocycles. The van der Waals surface area contributed by atoms with E-state index in [9.17, 15) is 18.4 Å². The molecule has 6 heteroatoms. The lowest BCUT2D eigenvalue weighted by molar-refractivity contribution is 0.0674. The monoisotopic (exact) mass is 318 g/mol. The fourth-order valence-corrected chi connectivity index (χ4v) is 2.83. The van der Waals surface area contributed by atoms with Crippen molar-refractivity contribution in [2.45, 2.75) is 18.3 Å². The Kier molecular flexibility index (Phi) is 4.05. The zero-order valence-electron chi connectivity index (χ0n) is 12.2. The molecule has 3 nitrogen and oxygen atoms in total. The van der Waals surface area contributed by atoms with E-state index in [0.717, 1.165) is 18.2 Å². The van der Waals surface area contributed by atoms with Crippen LogP contribution in [0.15, 0.2) is 30.5 Å². The number of hydrogen-bond donors (Lipinski definition) is 0. The average Bonchev–Trinajstić information content (AvgIpc) is 2.56. The molecular weight excluding hydrogens is 305 g/mol. The molecule has 0 atom stereocenters. The van der Waals surface area contributed by atoms with Crippen LogP contribution in [0.5, 0.6) is 0 Å². The Labute approximate surface area is 131 Å². The topological polar surface area (TPSA) is 45.9 Å². The van der Waals surface area contributed by atoms with Crippen molar-refractivity contribution in [2.24, 2.45) is 0 Å². The van der Waals surface area contributed by atoms with E-state index in [4.69, 9.17) is 4.74 Å². The van der Waals surface area contributed by atoms with E-state index in [1.54, 1.807) is 0 Å². The zero-order chi connectivity index (χ0) is 16.4. The summed E-state index contributed by atoms with van der Waals surface area (Å²) in [4.78, 5) is 3.71. The van der Waals surface area contributed by atoms with Gasteiger partial charge in [0.1, 0.15) is 23.1 Å². The van der Waals surface area contributed by atoms with Crippen molar-refractivity contribution in [3.05, 3.63) is 53.5 Å². The van der Waals surface area contributed by atoms with Crippen LogP contribution < -0.4 is 0 Å². The largest absolute Gasteiger partial charge is 0.381 e. The molecule has 3 rings (SSSR count). The fourth-order valence-electron chi connectivity index (χ4n) is 2.83. The van der Waals surface area contributed by atoms with Crippen molar-refractivity contribution in [1.29, 1.82) is 5.26 Å². The van der Waals surface area contributed by atoms with Crippen LogP contribution in [0.3, 0.4) is 0 Å². The molecule has 0 unspecified atom stereocenters. The molecule has 118 valence electrons. The fraction of sp³-hybridized carbons (Fsp3) is 0.294. The van der Waals surface area contributed by atoms with Gasteiger partial charge in [-0.3, -0.25) is 4.98 Å². The van der Waals surface area contributed by atoms with Crippen LogP contribution in [-0.2, 0) is 10.2 Å². The number of ether oxygens (including phenoxy) is 1. The number of rotatable bonds is 2. The summed E-state index contributed by atoms with van der Waals surface area (Å²) >= 11 is 0. The van der Waals surface area contributed by atoms with Crippen LogP contribution in [0.1, 0.15) is 18.4 Å². The molecule has 0 spiro atoms. The van der Waals surface area contributed by atoms with Crippen molar-refractivity contribution >= 4 is 0 Å². The van der Waals surface area contributed by atoms with Gasteiger partial charge in [-0.2, -0.15) is 5.26 Å². The first kappa shape index (κ1) is 15.5. The molecule has 1 aliphatic heterocycles. The van der Waals surface area contributed by atoms with Gasteiger partial charge >= 0.3 is 0 Å². The molecule has 1 aromatic carbocycles. The highest BCUT2D eigenvalue weighted by atomic mass is 19.1. The predicted molar refractivity (Wildman–Crippen MR) is 76.9 cm³/mol. The third-order valence-electron chi connectivity index (χ3n) is 4.15. The summed E-state index contributed by atoms with van der Waals surface area (Å²) < 4.78 is 47.9. The summed E-state index contributed by atoms with van der Waals surface area (Å²) in [5.41, 5.74) is -1.64. The van der Waals surface area contributed by atoms with Crippen molar-refractivity contribution < 1.29 is 17.9 Å². The van der Waals surface area contributed by atoms with Gasteiger partial charge in [0.2, 0.25) is 0 Å². The molecule has 2 aromatic rings. The Morgan fingerprint density at radius 1 is 1.09 bits per heavy atom. The van der Waals surface area contributed by atoms with Gasteiger partial charge in [-0.25, -0.2) is 13.2 Å². The van der Waals surface area contributed by atoms with Crippen LogP contribution in [0.25, 0.3) is 11.3 Å². The maximum atomic E-state index is 14.5. The molecule has 0 aliphatic carbocycles. The van der Waals surface area contributed by atoms with Crippen molar-refractivity contribution in [3.63, 3.8) is 0 Å². The van der Waals surface area contributed by atoms with Crippen molar-refractivity contribution in [3.8, 4) is 17.3 Å². The number of aromatic nitrogens is 1. The van der Waals surface area contributed by atoms with E-state index in [0.29, 0.717) is 26.1 Å². The molecule has 0 N–H and O–H groups in total. The number of pyridine rings is 1. The average molecular weight is 318 g/mol. The Bertz CT molecular complexity index is 757. The number of benzene rings is 1. The molecule has 0 bridgehead atoms. The summed E-state index contributed by atoms with van der Waals surface area (Å²) in [6, 6.07) is 6.78. The summed E-state index contributed by atoms with van der Waals surface area (Å²) in [7, 11) is 0. The molecule has 23 heavy (non-hydrogen) atoms. The molecule has 0 saturated carbocycles. The predicted octanol–water partition coefficient (Wildman–Crippen LogP) is 3.74. The second-order valence-corrected chi connectivity index (χ2v) is 5.46. The standard InChI is InChI=1S/C17H13F3N2O/c18-12-2-1-5-22-16(12)15-13(19)8-11(9-14(15)20)17(10-21)3-6-23-7-4-17/h1-2,5,8-9H,3-4,6-7H2. The minimum absolute atomic E-state index is 0.249. The SMILES string of the molecule is N#CC1(c2cc(F)c(-c3ncccc3F)c(F)c2)CCOCC1. The van der Waals surface area contributed by atoms with Gasteiger partial charge in [0.05, 0.1) is 17.0 Å². The Balaban J connectivity index is 2.12. The third kappa shape index (κ3) is 2.68. The van der Waals surface area contributed by atoms with E-state index < -0.39 is 28.4 Å². The minimum atomic E-state index is -0.985. The summed E-state index contributed by atoms with van der Waals surface area (Å²) in [5.74, 6) is -2.67. The molecular formula is C17H13F3N2O. The van der Waals surface area contributed by atoms with Gasteiger partial charge in [0, 0.05) is 19.4 Å². The first-order chi connectivity index (χ1) is 11.1. The Morgan fingerprint density at radius 2 is 1.74 bits per heavy atom. The van der Waals surface area contributed by atoms with E-state index in [2.05, 4.69) is 11.1 Å². The van der Waals surface area contributed by atoms with Crippen LogP contribution >= 0.6 is 0 Å². The molecule has 1 aromatic heterocycles. The number of hydrogen-bond acceptors (Lipinski definition) is 3. The summed E-state index contributed by atoms with van der Waals surface area (Å²) in [6.45, 7) is 0.709. The smallest absolute Gasteiger partial charge is 0.149 e. The number of halogens is 3. The van der Waals surface area contributed by atoms with Gasteiger partial charge in [-0.1, -0.05) is 0 Å². The maximum absolute atomic E-state index is 14.5. The molecule has 1 aliphatic rings. The van der Waals surface area contributed by atoms with Gasteiger partial charge in [-0.15, -0.1) is 0 Å². The van der Waals surface area contributed by atoms with E-state index in [-0.39, 0.29) is 11.3 Å². The van der Waals surface area contributed by atoms with E-state index in [1.807, 2.05) is 0 Å². The number of nitriles is 1. The second kappa shape index (κ2) is 6.01. The first-order valence-corrected chi connectivity index (χ1v) is 7.17. The minimum Gasteiger partial charge on any atom is -0.381 e. The van der Waals surface area contributed by atoms with E-state index in [1.165, 1.54) is 12.3 Å². The molecule has 0 amide bonds. The normalized spacial score (nSPS) is 16.8. The summed E-state index contributed by atoms with van der Waals surface area (Å²) in [5, 5.41) is 9.48. The van der Waals surface area contributed by atoms with Crippen LogP contribution in [0, 0.1) is 28.8 Å².